The first-order valence-corrected chi connectivity index (χ1v) is 5.81. The molecule has 0 saturated heterocycles. The summed E-state index contributed by atoms with van der Waals surface area (Å²) >= 11 is 0. The van der Waals surface area contributed by atoms with Gasteiger partial charge in [-0.25, -0.2) is 5.84 Å². The molecular weight excluding hydrogens is 236 g/mol. The number of aromatic nitrogens is 1. The number of hydrogen-bond donors (Lipinski definition) is 2. The Hall–Kier alpha value is -1.44. The van der Waals surface area contributed by atoms with E-state index in [2.05, 4.69) is 23.9 Å². The second-order valence-corrected chi connectivity index (χ2v) is 4.02. The number of nitrogens with two attached hydrogens (primary N) is 1. The van der Waals surface area contributed by atoms with Crippen LogP contribution in [0.5, 0.6) is 0 Å². The molecule has 1 atom stereocenters. The van der Waals surface area contributed by atoms with Gasteiger partial charge in [-0.15, -0.1) is 0 Å². The van der Waals surface area contributed by atoms with Crippen molar-refractivity contribution >= 4 is 5.91 Å². The van der Waals surface area contributed by atoms with Crippen LogP contribution in [0.25, 0.3) is 0 Å². The van der Waals surface area contributed by atoms with E-state index in [0.717, 1.165) is 6.54 Å². The standard InChI is InChI=1S/C11H20N4O3/c1-4-15(8(2)7-17-3)6-9-5-10(14-18-9)11(16)13-12/h5,8H,4,6-7,12H2,1-3H3,(H,13,16). The maximum Gasteiger partial charge on any atom is 0.287 e. The monoisotopic (exact) mass is 256 g/mol. The number of rotatable bonds is 7. The van der Waals surface area contributed by atoms with Gasteiger partial charge in [-0.1, -0.05) is 12.1 Å². The Bertz CT molecular complexity index is 380. The lowest BCUT2D eigenvalue weighted by Crippen LogP contribution is -2.35. The van der Waals surface area contributed by atoms with E-state index in [9.17, 15) is 4.79 Å². The Balaban J connectivity index is 2.64. The Morgan fingerprint density at radius 3 is 3.00 bits per heavy atom. The summed E-state index contributed by atoms with van der Waals surface area (Å²) in [6.07, 6.45) is 0. The molecule has 1 rings (SSSR count). The van der Waals surface area contributed by atoms with Crippen LogP contribution in [-0.4, -0.2) is 42.3 Å². The number of carbonyl (C=O) groups excluding carboxylic acids is 1. The first-order chi connectivity index (χ1) is 8.62. The quantitative estimate of drug-likeness (QED) is 0.409. The van der Waals surface area contributed by atoms with E-state index in [1.165, 1.54) is 0 Å². The van der Waals surface area contributed by atoms with Crippen molar-refractivity contribution in [1.82, 2.24) is 15.5 Å². The Kier molecular flexibility index (Phi) is 5.76. The van der Waals surface area contributed by atoms with Crippen molar-refractivity contribution < 1.29 is 14.1 Å². The van der Waals surface area contributed by atoms with Gasteiger partial charge in [0.2, 0.25) is 0 Å². The van der Waals surface area contributed by atoms with Crippen LogP contribution in [0.2, 0.25) is 0 Å². The van der Waals surface area contributed by atoms with Gasteiger partial charge in [-0.05, 0) is 13.5 Å². The van der Waals surface area contributed by atoms with E-state index in [0.29, 0.717) is 18.9 Å². The molecule has 18 heavy (non-hydrogen) atoms. The molecule has 0 aromatic carbocycles. The fraction of sp³-hybridized carbons (Fsp3) is 0.636. The number of ether oxygens (including phenoxy) is 1. The maximum absolute atomic E-state index is 11.2. The molecule has 1 aromatic rings. The summed E-state index contributed by atoms with van der Waals surface area (Å²) in [7, 11) is 1.67. The number of nitrogens with zero attached hydrogens (tertiary/aromatic N) is 2. The number of nitrogens with one attached hydrogen (secondary N) is 1. The molecule has 0 radical (unpaired) electrons. The van der Waals surface area contributed by atoms with Gasteiger partial charge in [-0.3, -0.25) is 15.1 Å². The van der Waals surface area contributed by atoms with Crippen LogP contribution < -0.4 is 11.3 Å². The van der Waals surface area contributed by atoms with Crippen LogP contribution in [-0.2, 0) is 11.3 Å². The molecule has 0 aliphatic heterocycles. The van der Waals surface area contributed by atoms with Crippen molar-refractivity contribution in [3.8, 4) is 0 Å². The second kappa shape index (κ2) is 7.10. The fourth-order valence-electron chi connectivity index (χ4n) is 1.69. The summed E-state index contributed by atoms with van der Waals surface area (Å²) in [6, 6.07) is 1.85. The van der Waals surface area contributed by atoms with Gasteiger partial charge in [0.1, 0.15) is 0 Å². The molecule has 102 valence electrons. The summed E-state index contributed by atoms with van der Waals surface area (Å²) in [6.45, 7) is 6.18. The smallest absolute Gasteiger partial charge is 0.287 e. The van der Waals surface area contributed by atoms with Crippen molar-refractivity contribution in [2.24, 2.45) is 5.84 Å². The van der Waals surface area contributed by atoms with Gasteiger partial charge in [0.15, 0.2) is 11.5 Å². The van der Waals surface area contributed by atoms with Gasteiger partial charge in [0.25, 0.3) is 5.91 Å². The highest BCUT2D eigenvalue weighted by Gasteiger charge is 2.16. The molecule has 7 heteroatoms. The highest BCUT2D eigenvalue weighted by atomic mass is 16.5. The lowest BCUT2D eigenvalue weighted by molar-refractivity contribution is 0.0915. The predicted octanol–water partition coefficient (Wildman–Crippen LogP) is 0.135. The van der Waals surface area contributed by atoms with Gasteiger partial charge in [-0.2, -0.15) is 0 Å². The molecule has 1 unspecified atom stereocenters. The lowest BCUT2D eigenvalue weighted by Gasteiger charge is -2.25. The predicted molar refractivity (Wildman–Crippen MR) is 65.6 cm³/mol. The summed E-state index contributed by atoms with van der Waals surface area (Å²) in [5.74, 6) is 5.18. The molecule has 0 saturated carbocycles. The third kappa shape index (κ3) is 3.80. The van der Waals surface area contributed by atoms with Crippen molar-refractivity contribution in [3.63, 3.8) is 0 Å². The van der Waals surface area contributed by atoms with Crippen LogP contribution >= 0.6 is 0 Å². The van der Waals surface area contributed by atoms with Gasteiger partial charge in [0, 0.05) is 19.2 Å². The molecule has 0 bridgehead atoms. The molecule has 3 N–H and O–H groups in total. The molecular formula is C11H20N4O3. The minimum Gasteiger partial charge on any atom is -0.383 e. The zero-order valence-corrected chi connectivity index (χ0v) is 11.0. The number of hydrogen-bond acceptors (Lipinski definition) is 6. The fourth-order valence-corrected chi connectivity index (χ4v) is 1.69. The van der Waals surface area contributed by atoms with Crippen molar-refractivity contribution in [3.05, 3.63) is 17.5 Å². The second-order valence-electron chi connectivity index (χ2n) is 4.02. The molecule has 0 aliphatic rings. The summed E-state index contributed by atoms with van der Waals surface area (Å²) in [5.41, 5.74) is 2.19. The summed E-state index contributed by atoms with van der Waals surface area (Å²) in [4.78, 5) is 13.4. The average molecular weight is 256 g/mol. The minimum absolute atomic E-state index is 0.183. The van der Waals surface area contributed by atoms with Gasteiger partial charge >= 0.3 is 0 Å². The zero-order valence-electron chi connectivity index (χ0n) is 11.0. The van der Waals surface area contributed by atoms with Crippen LogP contribution in [0.3, 0.4) is 0 Å². The number of methoxy groups -OCH3 is 1. The van der Waals surface area contributed by atoms with Crippen molar-refractivity contribution in [2.75, 3.05) is 20.3 Å². The number of amides is 1. The van der Waals surface area contributed by atoms with E-state index >= 15 is 0 Å². The van der Waals surface area contributed by atoms with E-state index in [4.69, 9.17) is 15.1 Å². The van der Waals surface area contributed by atoms with Gasteiger partial charge in [0.05, 0.1) is 13.2 Å². The first kappa shape index (κ1) is 14.6. The number of nitrogen functional groups attached to an aromatic ring is 1. The molecule has 1 amide bonds. The Labute approximate surface area is 106 Å². The van der Waals surface area contributed by atoms with Crippen LogP contribution in [0.1, 0.15) is 30.1 Å². The third-order valence-corrected chi connectivity index (χ3v) is 2.72. The van der Waals surface area contributed by atoms with Gasteiger partial charge < -0.3 is 9.26 Å². The van der Waals surface area contributed by atoms with E-state index in [1.54, 1.807) is 13.2 Å². The maximum atomic E-state index is 11.2. The minimum atomic E-state index is -0.460. The van der Waals surface area contributed by atoms with E-state index in [-0.39, 0.29) is 11.7 Å². The highest BCUT2D eigenvalue weighted by Crippen LogP contribution is 2.10. The number of carbonyl (C=O) groups is 1. The third-order valence-electron chi connectivity index (χ3n) is 2.72. The van der Waals surface area contributed by atoms with Crippen molar-refractivity contribution in [1.29, 1.82) is 0 Å². The highest BCUT2D eigenvalue weighted by molar-refractivity contribution is 5.91. The molecule has 0 fully saturated rings. The molecule has 1 aromatic heterocycles. The number of hydrazine groups is 1. The normalized spacial score (nSPS) is 12.7. The summed E-state index contributed by atoms with van der Waals surface area (Å²) < 4.78 is 10.2. The number of likely N-dealkylation sites (N-methyl/N-ethyl adjacent to an activating group) is 1. The van der Waals surface area contributed by atoms with E-state index < -0.39 is 5.91 Å². The van der Waals surface area contributed by atoms with E-state index in [1.807, 2.05) is 5.43 Å². The Morgan fingerprint density at radius 2 is 2.44 bits per heavy atom. The summed E-state index contributed by atoms with van der Waals surface area (Å²) in [5, 5.41) is 3.65. The lowest BCUT2D eigenvalue weighted by atomic mass is 10.2. The Morgan fingerprint density at radius 1 is 1.72 bits per heavy atom. The van der Waals surface area contributed by atoms with Crippen LogP contribution in [0.4, 0.5) is 0 Å². The molecule has 7 nitrogen and oxygen atoms in total. The average Bonchev–Trinajstić information content (AvgIpc) is 2.83. The first-order valence-electron chi connectivity index (χ1n) is 5.81. The largest absolute Gasteiger partial charge is 0.383 e. The molecule has 0 spiro atoms. The topological polar surface area (TPSA) is 93.6 Å². The molecule has 1 heterocycles. The van der Waals surface area contributed by atoms with Crippen molar-refractivity contribution in [2.45, 2.75) is 26.4 Å². The zero-order chi connectivity index (χ0) is 13.5. The molecule has 0 aliphatic carbocycles. The van der Waals surface area contributed by atoms with Crippen LogP contribution in [0.15, 0.2) is 10.6 Å². The SMILES string of the molecule is CCN(Cc1cc(C(=O)NN)no1)C(C)COC. The van der Waals surface area contributed by atoms with Crippen LogP contribution in [0, 0.1) is 0 Å².